The van der Waals surface area contributed by atoms with Gasteiger partial charge in [-0.15, -0.1) is 4.91 Å². The minimum atomic E-state index is 0.0930. The summed E-state index contributed by atoms with van der Waals surface area (Å²) >= 11 is 11.8. The highest BCUT2D eigenvalue weighted by molar-refractivity contribution is 6.37. The van der Waals surface area contributed by atoms with Crippen LogP contribution in [0.5, 0.6) is 0 Å². The molecule has 0 saturated heterocycles. The number of rotatable bonds is 3. The quantitative estimate of drug-likeness (QED) is 0.809. The lowest BCUT2D eigenvalue weighted by Gasteiger charge is -2.09. The van der Waals surface area contributed by atoms with Gasteiger partial charge < -0.3 is 5.32 Å². The van der Waals surface area contributed by atoms with Crippen LogP contribution in [0.1, 0.15) is 5.56 Å². The Kier molecular flexibility index (Phi) is 4.00. The van der Waals surface area contributed by atoms with Gasteiger partial charge in [0.05, 0.1) is 22.3 Å². The smallest absolute Gasteiger partial charge is 0.150 e. The van der Waals surface area contributed by atoms with Crippen LogP contribution in [0.15, 0.2) is 41.6 Å². The Balaban J connectivity index is 2.37. The van der Waals surface area contributed by atoms with Crippen molar-refractivity contribution in [1.82, 2.24) is 0 Å². The summed E-state index contributed by atoms with van der Waals surface area (Å²) in [6, 6.07) is 11.8. The maximum atomic E-state index is 10.8. The zero-order chi connectivity index (χ0) is 13.8. The first-order chi connectivity index (χ1) is 9.13. The van der Waals surface area contributed by atoms with Crippen molar-refractivity contribution in [2.75, 3.05) is 5.32 Å². The van der Waals surface area contributed by atoms with E-state index in [1.165, 1.54) is 6.07 Å². The third-order valence-electron chi connectivity index (χ3n) is 2.41. The van der Waals surface area contributed by atoms with E-state index in [-0.39, 0.29) is 10.7 Å². The summed E-state index contributed by atoms with van der Waals surface area (Å²) in [6.07, 6.45) is 0. The molecule has 0 fully saturated rings. The Hall–Kier alpha value is -2.09. The van der Waals surface area contributed by atoms with E-state index < -0.39 is 0 Å². The molecule has 0 unspecified atom stereocenters. The summed E-state index contributed by atoms with van der Waals surface area (Å²) in [6.45, 7) is 0. The highest BCUT2D eigenvalue weighted by Crippen LogP contribution is 2.37. The highest BCUT2D eigenvalue weighted by atomic mass is 35.5. The molecule has 0 amide bonds. The van der Waals surface area contributed by atoms with Crippen molar-refractivity contribution in [3.8, 4) is 6.07 Å². The zero-order valence-electron chi connectivity index (χ0n) is 9.52. The van der Waals surface area contributed by atoms with Crippen LogP contribution in [0.25, 0.3) is 0 Å². The average molecular weight is 292 g/mol. The minimum absolute atomic E-state index is 0.0930. The van der Waals surface area contributed by atoms with Gasteiger partial charge in [0.25, 0.3) is 0 Å². The number of nitriles is 1. The molecule has 0 spiro atoms. The lowest BCUT2D eigenvalue weighted by molar-refractivity contribution is 1.45. The summed E-state index contributed by atoms with van der Waals surface area (Å²) in [5.74, 6) is 0. The van der Waals surface area contributed by atoms with Crippen molar-refractivity contribution in [1.29, 1.82) is 5.26 Å². The van der Waals surface area contributed by atoms with Gasteiger partial charge >= 0.3 is 0 Å². The summed E-state index contributed by atoms with van der Waals surface area (Å²) in [5.41, 5.74) is 1.75. The average Bonchev–Trinajstić information content (AvgIpc) is 2.39. The van der Waals surface area contributed by atoms with Crippen LogP contribution >= 0.6 is 23.2 Å². The van der Waals surface area contributed by atoms with E-state index in [1.807, 2.05) is 6.07 Å². The molecule has 2 aromatic carbocycles. The fourth-order valence-corrected chi connectivity index (χ4v) is 2.07. The van der Waals surface area contributed by atoms with Crippen LogP contribution in [-0.4, -0.2) is 0 Å². The molecule has 0 atom stereocenters. The van der Waals surface area contributed by atoms with E-state index in [0.29, 0.717) is 22.0 Å². The highest BCUT2D eigenvalue weighted by Gasteiger charge is 2.10. The summed E-state index contributed by atoms with van der Waals surface area (Å²) < 4.78 is 0. The van der Waals surface area contributed by atoms with Gasteiger partial charge in [0, 0.05) is 10.7 Å². The Morgan fingerprint density at radius 2 is 1.84 bits per heavy atom. The number of anilines is 2. The van der Waals surface area contributed by atoms with E-state index >= 15 is 0 Å². The molecule has 0 aromatic heterocycles. The molecular weight excluding hydrogens is 285 g/mol. The monoisotopic (exact) mass is 291 g/mol. The van der Waals surface area contributed by atoms with E-state index in [1.54, 1.807) is 30.3 Å². The Morgan fingerprint density at radius 3 is 2.42 bits per heavy atom. The molecule has 0 radical (unpaired) electrons. The van der Waals surface area contributed by atoms with Crippen LogP contribution in [0.3, 0.4) is 0 Å². The SMILES string of the molecule is N#Cc1ccc(Nc2cc(Cl)cc(Cl)c2N=O)cc1. The minimum Gasteiger partial charge on any atom is -0.354 e. The second kappa shape index (κ2) is 5.70. The molecule has 2 aromatic rings. The van der Waals surface area contributed by atoms with Crippen molar-refractivity contribution in [2.45, 2.75) is 0 Å². The molecule has 19 heavy (non-hydrogen) atoms. The lowest BCUT2D eigenvalue weighted by atomic mass is 10.2. The Bertz CT molecular complexity index is 663. The first-order valence-corrected chi connectivity index (χ1v) is 5.99. The number of nitrogens with one attached hydrogen (secondary N) is 1. The predicted molar refractivity (Wildman–Crippen MR) is 76.4 cm³/mol. The molecule has 4 nitrogen and oxygen atoms in total. The van der Waals surface area contributed by atoms with Gasteiger partial charge in [-0.1, -0.05) is 23.2 Å². The first kappa shape index (κ1) is 13.3. The van der Waals surface area contributed by atoms with Gasteiger partial charge in [0.15, 0.2) is 0 Å². The van der Waals surface area contributed by atoms with E-state index in [4.69, 9.17) is 28.5 Å². The lowest BCUT2D eigenvalue weighted by Crippen LogP contribution is -1.91. The van der Waals surface area contributed by atoms with Crippen LogP contribution in [-0.2, 0) is 0 Å². The molecule has 2 rings (SSSR count). The fourth-order valence-electron chi connectivity index (χ4n) is 1.54. The van der Waals surface area contributed by atoms with Gasteiger partial charge in [0.2, 0.25) is 0 Å². The maximum absolute atomic E-state index is 10.8. The molecule has 0 heterocycles. The van der Waals surface area contributed by atoms with Crippen molar-refractivity contribution in [2.24, 2.45) is 5.18 Å². The number of benzene rings is 2. The number of nitroso groups, excluding NO2 is 1. The molecular formula is C13H7Cl2N3O. The summed E-state index contributed by atoms with van der Waals surface area (Å²) in [5, 5.41) is 15.2. The molecule has 0 aliphatic rings. The number of hydrogen-bond acceptors (Lipinski definition) is 4. The summed E-state index contributed by atoms with van der Waals surface area (Å²) in [4.78, 5) is 10.8. The van der Waals surface area contributed by atoms with Crippen LogP contribution in [0.2, 0.25) is 10.0 Å². The van der Waals surface area contributed by atoms with Gasteiger partial charge in [-0.05, 0) is 41.6 Å². The second-order valence-corrected chi connectivity index (χ2v) is 4.53. The molecule has 94 valence electrons. The Morgan fingerprint density at radius 1 is 1.16 bits per heavy atom. The van der Waals surface area contributed by atoms with Crippen molar-refractivity contribution in [3.05, 3.63) is 56.9 Å². The largest absolute Gasteiger partial charge is 0.354 e. The third kappa shape index (κ3) is 3.02. The van der Waals surface area contributed by atoms with E-state index in [9.17, 15) is 4.91 Å². The van der Waals surface area contributed by atoms with Crippen LogP contribution in [0, 0.1) is 16.2 Å². The number of halogens is 2. The van der Waals surface area contributed by atoms with Crippen molar-refractivity contribution in [3.63, 3.8) is 0 Å². The summed E-state index contributed by atoms with van der Waals surface area (Å²) in [7, 11) is 0. The third-order valence-corrected chi connectivity index (χ3v) is 2.92. The van der Waals surface area contributed by atoms with Crippen molar-refractivity contribution < 1.29 is 0 Å². The molecule has 6 heteroatoms. The maximum Gasteiger partial charge on any atom is 0.150 e. The second-order valence-electron chi connectivity index (χ2n) is 3.69. The number of nitrogens with zero attached hydrogens (tertiary/aromatic N) is 2. The fraction of sp³-hybridized carbons (Fsp3) is 0. The molecule has 1 N–H and O–H groups in total. The molecule has 0 aliphatic carbocycles. The van der Waals surface area contributed by atoms with Gasteiger partial charge in [-0.25, -0.2) is 0 Å². The topological polar surface area (TPSA) is 65.2 Å². The standard InChI is InChI=1S/C13H7Cl2N3O/c14-9-5-11(15)13(18-19)12(6-9)17-10-3-1-8(7-16)2-4-10/h1-6,17H. The van der Waals surface area contributed by atoms with Gasteiger partial charge in [0.1, 0.15) is 5.69 Å². The Labute approximate surface area is 119 Å². The molecule has 0 bridgehead atoms. The number of hydrogen-bond donors (Lipinski definition) is 1. The zero-order valence-corrected chi connectivity index (χ0v) is 11.0. The van der Waals surface area contributed by atoms with Crippen LogP contribution in [0.4, 0.5) is 17.1 Å². The van der Waals surface area contributed by atoms with Crippen LogP contribution < -0.4 is 5.32 Å². The van der Waals surface area contributed by atoms with Gasteiger partial charge in [-0.3, -0.25) is 0 Å². The van der Waals surface area contributed by atoms with Gasteiger partial charge in [-0.2, -0.15) is 5.26 Å². The predicted octanol–water partition coefficient (Wildman–Crippen LogP) is 5.01. The molecule has 0 aliphatic heterocycles. The molecule has 0 saturated carbocycles. The van der Waals surface area contributed by atoms with E-state index in [2.05, 4.69) is 10.5 Å². The van der Waals surface area contributed by atoms with Crippen molar-refractivity contribution >= 4 is 40.3 Å². The first-order valence-electron chi connectivity index (χ1n) is 5.23. The van der Waals surface area contributed by atoms with E-state index in [0.717, 1.165) is 0 Å². The normalized spacial score (nSPS) is 9.74.